The second kappa shape index (κ2) is 4.74. The third-order valence-electron chi connectivity index (χ3n) is 3.85. The molecule has 0 aliphatic carbocycles. The monoisotopic (exact) mass is 329 g/mol. The Hall–Kier alpha value is -1.61. The molecule has 0 radical (unpaired) electrons. The molecule has 0 atom stereocenters. The van der Waals surface area contributed by atoms with Crippen LogP contribution >= 0.6 is 15.9 Å². The minimum absolute atomic E-state index is 0.701. The van der Waals surface area contributed by atoms with Gasteiger partial charge in [0.05, 0.1) is 11.0 Å². The molecule has 0 saturated heterocycles. The van der Waals surface area contributed by atoms with Gasteiger partial charge in [-0.2, -0.15) is 0 Å². The smallest absolute Gasteiger partial charge is 0.151 e. The molecule has 102 valence electrons. The number of aryl methyl sites for hydroxylation is 3. The summed E-state index contributed by atoms with van der Waals surface area (Å²) >= 11 is 3.49. The Labute approximate surface area is 126 Å². The summed E-state index contributed by atoms with van der Waals surface area (Å²) in [4.78, 5) is 11.2. The van der Waals surface area contributed by atoms with E-state index in [0.717, 1.165) is 22.7 Å². The van der Waals surface area contributed by atoms with Crippen LogP contribution in [0.3, 0.4) is 0 Å². The molecule has 20 heavy (non-hydrogen) atoms. The van der Waals surface area contributed by atoms with Crippen LogP contribution in [-0.4, -0.2) is 10.9 Å². The minimum Gasteiger partial charge on any atom is -0.341 e. The van der Waals surface area contributed by atoms with Crippen LogP contribution < -0.4 is 0 Å². The lowest BCUT2D eigenvalue weighted by atomic mass is 10.1. The Kier molecular flexibility index (Phi) is 3.17. The Balaban J connectivity index is 2.60. The molecule has 0 fully saturated rings. The zero-order valence-corrected chi connectivity index (χ0v) is 13.4. The number of benzene rings is 2. The van der Waals surface area contributed by atoms with Crippen LogP contribution in [0.4, 0.5) is 0 Å². The maximum absolute atomic E-state index is 11.2. The van der Waals surface area contributed by atoms with Gasteiger partial charge in [-0.25, -0.2) is 0 Å². The molecule has 0 amide bonds. The topological polar surface area (TPSA) is 22.0 Å². The summed E-state index contributed by atoms with van der Waals surface area (Å²) < 4.78 is 3.17. The summed E-state index contributed by atoms with van der Waals surface area (Å²) in [5, 5.41) is 2.38. The second-order valence-electron chi connectivity index (χ2n) is 5.23. The van der Waals surface area contributed by atoms with Gasteiger partial charge in [0.1, 0.15) is 0 Å². The van der Waals surface area contributed by atoms with Crippen molar-refractivity contribution < 1.29 is 4.79 Å². The van der Waals surface area contributed by atoms with Crippen molar-refractivity contribution in [3.05, 3.63) is 45.4 Å². The number of rotatable bonds is 2. The highest BCUT2D eigenvalue weighted by molar-refractivity contribution is 9.10. The van der Waals surface area contributed by atoms with Crippen molar-refractivity contribution in [3.63, 3.8) is 0 Å². The predicted molar refractivity (Wildman–Crippen MR) is 87.7 cm³/mol. The molecule has 1 aromatic heterocycles. The van der Waals surface area contributed by atoms with E-state index in [1.165, 1.54) is 27.5 Å². The van der Waals surface area contributed by atoms with E-state index < -0.39 is 0 Å². The number of carbonyl (C=O) groups excluding carboxylic acids is 1. The molecule has 2 nitrogen and oxygen atoms in total. The second-order valence-corrected chi connectivity index (χ2v) is 6.09. The maximum atomic E-state index is 11.2. The number of nitrogens with zero attached hydrogens (tertiary/aromatic N) is 1. The van der Waals surface area contributed by atoms with E-state index in [2.05, 4.69) is 59.5 Å². The summed E-state index contributed by atoms with van der Waals surface area (Å²) in [6, 6.07) is 8.46. The molecular weight excluding hydrogens is 314 g/mol. The van der Waals surface area contributed by atoms with E-state index in [9.17, 15) is 4.79 Å². The Bertz CT molecular complexity index is 845. The number of fused-ring (bicyclic) bond motifs is 3. The van der Waals surface area contributed by atoms with E-state index >= 15 is 0 Å². The molecule has 3 aromatic rings. The van der Waals surface area contributed by atoms with E-state index in [1.807, 2.05) is 6.07 Å². The first-order chi connectivity index (χ1) is 9.56. The molecule has 0 unspecified atom stereocenters. The summed E-state index contributed by atoms with van der Waals surface area (Å²) in [6.07, 6.45) is 0.904. The van der Waals surface area contributed by atoms with Crippen molar-refractivity contribution in [2.24, 2.45) is 0 Å². The summed E-state index contributed by atoms with van der Waals surface area (Å²) in [6.45, 7) is 7.33. The van der Waals surface area contributed by atoms with Crippen molar-refractivity contribution in [1.29, 1.82) is 0 Å². The molecule has 0 saturated carbocycles. The van der Waals surface area contributed by atoms with E-state index in [1.54, 1.807) is 0 Å². The predicted octanol–water partition coefficient (Wildman–Crippen LogP) is 5.01. The average Bonchev–Trinajstić information content (AvgIpc) is 2.70. The van der Waals surface area contributed by atoms with Gasteiger partial charge >= 0.3 is 0 Å². The van der Waals surface area contributed by atoms with Gasteiger partial charge in [-0.15, -0.1) is 0 Å². The molecule has 3 rings (SSSR count). The molecule has 0 bridgehead atoms. The van der Waals surface area contributed by atoms with Crippen LogP contribution in [0, 0.1) is 13.8 Å². The molecule has 0 N–H and O–H groups in total. The Morgan fingerprint density at radius 2 is 1.90 bits per heavy atom. The van der Waals surface area contributed by atoms with Crippen LogP contribution in [0.2, 0.25) is 0 Å². The minimum atomic E-state index is 0.701. The first kappa shape index (κ1) is 13.4. The lowest BCUT2D eigenvalue weighted by Crippen LogP contribution is -1.95. The Morgan fingerprint density at radius 1 is 1.15 bits per heavy atom. The van der Waals surface area contributed by atoms with Gasteiger partial charge in [0, 0.05) is 27.4 Å². The fourth-order valence-corrected chi connectivity index (χ4v) is 3.51. The van der Waals surface area contributed by atoms with E-state index in [0.29, 0.717) is 5.56 Å². The molecule has 0 aliphatic heterocycles. The van der Waals surface area contributed by atoms with Gasteiger partial charge in [0.15, 0.2) is 6.29 Å². The lowest BCUT2D eigenvalue weighted by Gasteiger charge is -2.06. The number of aromatic nitrogens is 1. The van der Waals surface area contributed by atoms with Crippen molar-refractivity contribution >= 4 is 44.0 Å². The number of halogens is 1. The lowest BCUT2D eigenvalue weighted by molar-refractivity contribution is 0.112. The van der Waals surface area contributed by atoms with Crippen LogP contribution in [0.25, 0.3) is 21.8 Å². The molecular formula is C17H16BrNO. The maximum Gasteiger partial charge on any atom is 0.151 e. The SMILES string of the molecule is CCn1c2cc(Br)c(C=O)cc2c2cc(C)cc(C)c21. The fourth-order valence-electron chi connectivity index (χ4n) is 3.08. The first-order valence-corrected chi connectivity index (χ1v) is 7.54. The highest BCUT2D eigenvalue weighted by Gasteiger charge is 2.14. The highest BCUT2D eigenvalue weighted by atomic mass is 79.9. The van der Waals surface area contributed by atoms with Gasteiger partial charge in [0.2, 0.25) is 0 Å². The third kappa shape index (κ3) is 1.80. The standard InChI is InChI=1S/C17H16BrNO/c1-4-19-16-8-15(18)12(9-20)7-13(16)14-6-10(2)5-11(3)17(14)19/h5-9H,4H2,1-3H3. The molecule has 1 heterocycles. The van der Waals surface area contributed by atoms with E-state index in [4.69, 9.17) is 0 Å². The van der Waals surface area contributed by atoms with Gasteiger partial charge in [-0.3, -0.25) is 4.79 Å². The van der Waals surface area contributed by atoms with Gasteiger partial charge in [-0.05, 0) is 60.5 Å². The van der Waals surface area contributed by atoms with Crippen molar-refractivity contribution in [1.82, 2.24) is 4.57 Å². The first-order valence-electron chi connectivity index (χ1n) is 6.74. The van der Waals surface area contributed by atoms with Crippen LogP contribution in [-0.2, 0) is 6.54 Å². The highest BCUT2D eigenvalue weighted by Crippen LogP contribution is 2.34. The molecule has 3 heteroatoms. The zero-order chi connectivity index (χ0) is 14.4. The van der Waals surface area contributed by atoms with Gasteiger partial charge < -0.3 is 4.57 Å². The number of hydrogen-bond donors (Lipinski definition) is 0. The van der Waals surface area contributed by atoms with Crippen LogP contribution in [0.5, 0.6) is 0 Å². The third-order valence-corrected chi connectivity index (χ3v) is 4.54. The summed E-state index contributed by atoms with van der Waals surface area (Å²) in [5.74, 6) is 0. The fraction of sp³-hybridized carbons (Fsp3) is 0.235. The van der Waals surface area contributed by atoms with Gasteiger partial charge in [0.25, 0.3) is 0 Å². The normalized spacial score (nSPS) is 11.4. The van der Waals surface area contributed by atoms with Crippen molar-refractivity contribution in [3.8, 4) is 0 Å². The largest absolute Gasteiger partial charge is 0.341 e. The summed E-state index contributed by atoms with van der Waals surface area (Å²) in [7, 11) is 0. The number of carbonyl (C=O) groups is 1. The van der Waals surface area contributed by atoms with Crippen molar-refractivity contribution in [2.45, 2.75) is 27.3 Å². The molecule has 0 aliphatic rings. The molecule has 2 aromatic carbocycles. The number of aldehydes is 1. The van der Waals surface area contributed by atoms with E-state index in [-0.39, 0.29) is 0 Å². The Morgan fingerprint density at radius 3 is 2.55 bits per heavy atom. The summed E-state index contributed by atoms with van der Waals surface area (Å²) in [5.41, 5.74) is 5.67. The van der Waals surface area contributed by atoms with Crippen molar-refractivity contribution in [2.75, 3.05) is 0 Å². The average molecular weight is 330 g/mol. The van der Waals surface area contributed by atoms with Crippen LogP contribution in [0.15, 0.2) is 28.7 Å². The van der Waals surface area contributed by atoms with Gasteiger partial charge in [-0.1, -0.05) is 11.6 Å². The number of hydrogen-bond acceptors (Lipinski definition) is 1. The van der Waals surface area contributed by atoms with Crippen LogP contribution in [0.1, 0.15) is 28.4 Å². The molecule has 0 spiro atoms. The quantitative estimate of drug-likeness (QED) is 0.606. The zero-order valence-electron chi connectivity index (χ0n) is 11.8.